The predicted octanol–water partition coefficient (Wildman–Crippen LogP) is 4.47. The molecule has 0 spiro atoms. The molecule has 39 heavy (non-hydrogen) atoms. The highest BCUT2D eigenvalue weighted by atomic mass is 32.2. The number of piperazine rings is 1. The van der Waals surface area contributed by atoms with Crippen LogP contribution in [-0.4, -0.2) is 66.9 Å². The fourth-order valence-electron chi connectivity index (χ4n) is 5.63. The molecule has 2 aromatic carbocycles. The van der Waals surface area contributed by atoms with Crippen LogP contribution in [0, 0.1) is 11.6 Å². The first-order chi connectivity index (χ1) is 18.7. The minimum atomic E-state index is -3.92. The Morgan fingerprint density at radius 1 is 0.974 bits per heavy atom. The standard InChI is InChI=1S/C29H35F2N5O2S/c1-20-17-35(18-21(2)33-20)19-23-10-9-22(16-27(23)31)25-6-5-13-32-29(25)39(37,38)36-14-11-24(12-15-36)34-28-8-4-3-7-26(28)30/h3-10,13,16,20-21,24,33-34H,11-12,14-15,17-19H2,1-2H3/t20-,21+. The molecular formula is C29H35F2N5O2S. The van der Waals surface area contributed by atoms with Crippen molar-refractivity contribution in [1.82, 2.24) is 19.5 Å². The first-order valence-electron chi connectivity index (χ1n) is 13.4. The molecule has 1 aromatic heterocycles. The molecule has 2 aliphatic rings. The minimum Gasteiger partial charge on any atom is -0.380 e. The summed E-state index contributed by atoms with van der Waals surface area (Å²) >= 11 is 0. The number of aromatic nitrogens is 1. The third-order valence-corrected chi connectivity index (χ3v) is 9.29. The number of hydrogen-bond acceptors (Lipinski definition) is 6. The van der Waals surface area contributed by atoms with Crippen molar-refractivity contribution in [3.63, 3.8) is 0 Å². The Kier molecular flexibility index (Phi) is 8.27. The van der Waals surface area contributed by atoms with Gasteiger partial charge in [0, 0.05) is 68.2 Å². The highest BCUT2D eigenvalue weighted by Gasteiger charge is 2.32. The Hall–Kier alpha value is -2.92. The van der Waals surface area contributed by atoms with Gasteiger partial charge in [-0.1, -0.05) is 24.3 Å². The van der Waals surface area contributed by atoms with Gasteiger partial charge in [0.15, 0.2) is 5.03 Å². The lowest BCUT2D eigenvalue weighted by Gasteiger charge is -2.36. The van der Waals surface area contributed by atoms with Gasteiger partial charge in [-0.25, -0.2) is 22.2 Å². The Morgan fingerprint density at radius 2 is 1.69 bits per heavy atom. The van der Waals surface area contributed by atoms with Gasteiger partial charge >= 0.3 is 0 Å². The van der Waals surface area contributed by atoms with Crippen molar-refractivity contribution in [1.29, 1.82) is 0 Å². The molecule has 3 aromatic rings. The van der Waals surface area contributed by atoms with E-state index >= 15 is 4.39 Å². The van der Waals surface area contributed by atoms with Crippen LogP contribution in [0.5, 0.6) is 0 Å². The molecule has 2 N–H and O–H groups in total. The summed E-state index contributed by atoms with van der Waals surface area (Å²) in [5, 5.41) is 6.58. The smallest absolute Gasteiger partial charge is 0.261 e. The number of pyridine rings is 1. The lowest BCUT2D eigenvalue weighted by atomic mass is 10.0. The van der Waals surface area contributed by atoms with Crippen LogP contribution in [0.4, 0.5) is 14.5 Å². The molecule has 0 aliphatic carbocycles. The maximum atomic E-state index is 15.3. The third-order valence-electron chi connectivity index (χ3n) is 7.43. The number of hydrogen-bond donors (Lipinski definition) is 2. The first kappa shape index (κ1) is 27.6. The molecule has 0 saturated carbocycles. The maximum absolute atomic E-state index is 15.3. The summed E-state index contributed by atoms with van der Waals surface area (Å²) in [6.45, 7) is 6.96. The first-order valence-corrected chi connectivity index (χ1v) is 14.9. The molecular weight excluding hydrogens is 520 g/mol. The van der Waals surface area contributed by atoms with Crippen LogP contribution in [0.25, 0.3) is 11.1 Å². The lowest BCUT2D eigenvalue weighted by Crippen LogP contribution is -2.53. The summed E-state index contributed by atoms with van der Waals surface area (Å²) in [5.74, 6) is -0.695. The van der Waals surface area contributed by atoms with Crippen molar-refractivity contribution < 1.29 is 17.2 Å². The van der Waals surface area contributed by atoms with Gasteiger partial charge in [-0.05, 0) is 62.6 Å². The molecule has 3 heterocycles. The van der Waals surface area contributed by atoms with E-state index in [0.29, 0.717) is 53.8 Å². The van der Waals surface area contributed by atoms with Crippen LogP contribution in [0.15, 0.2) is 65.8 Å². The van der Waals surface area contributed by atoms with Gasteiger partial charge in [0.2, 0.25) is 0 Å². The number of sulfonamides is 1. The molecule has 0 radical (unpaired) electrons. The Morgan fingerprint density at radius 3 is 2.38 bits per heavy atom. The second-order valence-electron chi connectivity index (χ2n) is 10.6. The molecule has 0 unspecified atom stereocenters. The van der Waals surface area contributed by atoms with Gasteiger partial charge in [0.25, 0.3) is 10.0 Å². The molecule has 5 rings (SSSR count). The van der Waals surface area contributed by atoms with Crippen molar-refractivity contribution in [3.8, 4) is 11.1 Å². The van der Waals surface area contributed by atoms with Gasteiger partial charge in [0.05, 0.1) is 5.69 Å². The van der Waals surface area contributed by atoms with E-state index < -0.39 is 10.0 Å². The SMILES string of the molecule is C[C@@H]1CN(Cc2ccc(-c3cccnc3S(=O)(=O)N3CCC(Nc4ccccc4F)CC3)cc2F)C[C@H](C)N1. The summed E-state index contributed by atoms with van der Waals surface area (Å²) < 4.78 is 58.0. The van der Waals surface area contributed by atoms with Gasteiger partial charge in [0.1, 0.15) is 11.6 Å². The zero-order valence-electron chi connectivity index (χ0n) is 22.3. The number of para-hydroxylation sites is 1. The second kappa shape index (κ2) is 11.7. The summed E-state index contributed by atoms with van der Waals surface area (Å²) in [5.41, 5.74) is 1.84. The fraction of sp³-hybridized carbons (Fsp3) is 0.414. The molecule has 0 bridgehead atoms. The van der Waals surface area contributed by atoms with Crippen LogP contribution in [0.2, 0.25) is 0 Å². The Bertz CT molecular complexity index is 1400. The zero-order valence-corrected chi connectivity index (χ0v) is 23.1. The number of nitrogens with zero attached hydrogens (tertiary/aromatic N) is 3. The molecule has 208 valence electrons. The quantitative estimate of drug-likeness (QED) is 0.448. The number of piperidine rings is 1. The number of anilines is 1. The topological polar surface area (TPSA) is 77.6 Å². The average molecular weight is 556 g/mol. The fourth-order valence-corrected chi connectivity index (χ4v) is 7.22. The van der Waals surface area contributed by atoms with Crippen LogP contribution in [0.3, 0.4) is 0 Å². The van der Waals surface area contributed by atoms with Crippen LogP contribution in [-0.2, 0) is 16.6 Å². The number of benzene rings is 2. The highest BCUT2D eigenvalue weighted by molar-refractivity contribution is 7.89. The monoisotopic (exact) mass is 555 g/mol. The Labute approximate surface area is 229 Å². The van der Waals surface area contributed by atoms with Crippen molar-refractivity contribution in [2.24, 2.45) is 0 Å². The molecule has 2 saturated heterocycles. The summed E-state index contributed by atoms with van der Waals surface area (Å²) in [4.78, 5) is 6.46. The van der Waals surface area contributed by atoms with E-state index in [9.17, 15) is 12.8 Å². The van der Waals surface area contributed by atoms with E-state index in [-0.39, 0.29) is 35.8 Å². The molecule has 0 amide bonds. The van der Waals surface area contributed by atoms with E-state index in [4.69, 9.17) is 0 Å². The third kappa shape index (κ3) is 6.30. The molecule has 2 fully saturated rings. The largest absolute Gasteiger partial charge is 0.380 e. The van der Waals surface area contributed by atoms with E-state index in [1.807, 2.05) is 0 Å². The molecule has 2 atom stereocenters. The lowest BCUT2D eigenvalue weighted by molar-refractivity contribution is 0.165. The summed E-state index contributed by atoms with van der Waals surface area (Å²) in [6.07, 6.45) is 2.50. The summed E-state index contributed by atoms with van der Waals surface area (Å²) in [6, 6.07) is 15.3. The van der Waals surface area contributed by atoms with Crippen LogP contribution in [0.1, 0.15) is 32.3 Å². The van der Waals surface area contributed by atoms with E-state index in [0.717, 1.165) is 13.1 Å². The second-order valence-corrected chi connectivity index (χ2v) is 12.5. The molecule has 10 heteroatoms. The van der Waals surface area contributed by atoms with E-state index in [2.05, 4.69) is 34.4 Å². The van der Waals surface area contributed by atoms with Gasteiger partial charge in [-0.2, -0.15) is 4.31 Å². The highest BCUT2D eigenvalue weighted by Crippen LogP contribution is 2.31. The predicted molar refractivity (Wildman–Crippen MR) is 149 cm³/mol. The molecule has 2 aliphatic heterocycles. The van der Waals surface area contributed by atoms with Gasteiger partial charge in [-0.15, -0.1) is 0 Å². The number of halogens is 2. The van der Waals surface area contributed by atoms with Crippen LogP contribution < -0.4 is 10.6 Å². The van der Waals surface area contributed by atoms with E-state index in [1.54, 1.807) is 42.5 Å². The van der Waals surface area contributed by atoms with Crippen molar-refractivity contribution in [2.45, 2.75) is 56.4 Å². The Balaban J connectivity index is 1.30. The van der Waals surface area contributed by atoms with Crippen molar-refractivity contribution in [2.75, 3.05) is 31.5 Å². The summed E-state index contributed by atoms with van der Waals surface area (Å²) in [7, 11) is -3.92. The molecule has 7 nitrogen and oxygen atoms in total. The van der Waals surface area contributed by atoms with Crippen molar-refractivity contribution in [3.05, 3.63) is 78.0 Å². The minimum absolute atomic E-state index is 0.0418. The van der Waals surface area contributed by atoms with Crippen molar-refractivity contribution >= 4 is 15.7 Å². The maximum Gasteiger partial charge on any atom is 0.261 e. The van der Waals surface area contributed by atoms with Gasteiger partial charge < -0.3 is 10.6 Å². The zero-order chi connectivity index (χ0) is 27.6. The van der Waals surface area contributed by atoms with E-state index in [1.165, 1.54) is 22.6 Å². The number of rotatable bonds is 7. The normalized spacial score (nSPS) is 21.6. The van der Waals surface area contributed by atoms with Gasteiger partial charge in [-0.3, -0.25) is 4.90 Å². The van der Waals surface area contributed by atoms with Crippen LogP contribution >= 0.6 is 0 Å². The number of nitrogens with one attached hydrogen (secondary N) is 2. The average Bonchev–Trinajstić information content (AvgIpc) is 2.91.